The number of rotatable bonds is 5. The molecule has 0 spiro atoms. The van der Waals surface area contributed by atoms with Crippen LogP contribution in [0.5, 0.6) is 5.88 Å². The summed E-state index contributed by atoms with van der Waals surface area (Å²) in [6.45, 7) is 3.10. The van der Waals surface area contributed by atoms with E-state index in [4.69, 9.17) is 4.74 Å². The number of carbonyl (C=O) groups is 1. The van der Waals surface area contributed by atoms with Crippen LogP contribution >= 0.6 is 0 Å². The van der Waals surface area contributed by atoms with Crippen molar-refractivity contribution in [3.63, 3.8) is 0 Å². The number of nitrogens with zero attached hydrogens (tertiary/aromatic N) is 2. The van der Waals surface area contributed by atoms with Gasteiger partial charge in [-0.05, 0) is 6.42 Å². The fourth-order valence-electron chi connectivity index (χ4n) is 0.667. The van der Waals surface area contributed by atoms with Crippen molar-refractivity contribution in [2.45, 2.75) is 19.8 Å². The van der Waals surface area contributed by atoms with Crippen molar-refractivity contribution in [1.82, 2.24) is 9.97 Å². The summed E-state index contributed by atoms with van der Waals surface area (Å²) in [6, 6.07) is 0. The summed E-state index contributed by atoms with van der Waals surface area (Å²) in [7, 11) is 1.56. The molecule has 15 heavy (non-hydrogen) atoms. The van der Waals surface area contributed by atoms with Gasteiger partial charge in [0.1, 0.15) is 0 Å². The van der Waals surface area contributed by atoms with Gasteiger partial charge < -0.3 is 9.47 Å². The van der Waals surface area contributed by atoms with Crippen molar-refractivity contribution in [2.75, 3.05) is 13.7 Å². The molecule has 0 aliphatic heterocycles. The van der Waals surface area contributed by atoms with Gasteiger partial charge in [0, 0.05) is 12.4 Å². The third-order valence-corrected chi connectivity index (χ3v) is 1.43. The third-order valence-electron chi connectivity index (χ3n) is 1.43. The molecule has 0 bridgehead atoms. The van der Waals surface area contributed by atoms with E-state index in [1.165, 1.54) is 0 Å². The molecule has 5 heteroatoms. The Hall–Kier alpha value is -1.65. The van der Waals surface area contributed by atoms with Crippen LogP contribution in [0.25, 0.3) is 0 Å². The van der Waals surface area contributed by atoms with Gasteiger partial charge in [0.15, 0.2) is 0 Å². The maximum Gasteiger partial charge on any atom is 0.293 e. The molecule has 1 aromatic heterocycles. The summed E-state index contributed by atoms with van der Waals surface area (Å²) < 4.78 is 9.13. The van der Waals surface area contributed by atoms with Crippen LogP contribution in [-0.2, 0) is 9.53 Å². The van der Waals surface area contributed by atoms with Gasteiger partial charge >= 0.3 is 0 Å². The molecule has 5 nitrogen and oxygen atoms in total. The molecule has 0 N–H and O–H groups in total. The number of hydrogen-bond donors (Lipinski definition) is 0. The first kappa shape index (κ1) is 13.4. The van der Waals surface area contributed by atoms with E-state index in [-0.39, 0.29) is 0 Å². The van der Waals surface area contributed by atoms with Gasteiger partial charge in [-0.25, -0.2) is 4.98 Å². The highest BCUT2D eigenvalue weighted by Crippen LogP contribution is 1.96. The fourth-order valence-corrected chi connectivity index (χ4v) is 0.667. The molecular weight excluding hydrogens is 196 g/mol. The topological polar surface area (TPSA) is 61.3 Å². The lowest BCUT2D eigenvalue weighted by Gasteiger charge is -1.91. The summed E-state index contributed by atoms with van der Waals surface area (Å²) in [5.74, 6) is 0.549. The molecule has 0 aliphatic rings. The summed E-state index contributed by atoms with van der Waals surface area (Å²) in [5, 5.41) is 0. The highest BCUT2D eigenvalue weighted by molar-refractivity contribution is 5.36. The lowest BCUT2D eigenvalue weighted by molar-refractivity contribution is -0.128. The summed E-state index contributed by atoms with van der Waals surface area (Å²) in [5.41, 5.74) is 0. The summed E-state index contributed by atoms with van der Waals surface area (Å²) in [4.78, 5) is 17.0. The Morgan fingerprint density at radius 3 is 2.67 bits per heavy atom. The standard InChI is InChI=1S/C5H6N2O.C5H10O2/c1-8-5-4-6-2-3-7-5;1-2-3-4-7-5-6/h2-4H,1H3;5H,2-4H2,1H3. The Kier molecular flexibility index (Phi) is 9.28. The molecule has 0 atom stereocenters. The predicted octanol–water partition coefficient (Wildman–Crippen LogP) is 1.44. The molecule has 0 unspecified atom stereocenters. The Balaban J connectivity index is 0.000000265. The van der Waals surface area contributed by atoms with Crippen LogP contribution in [0.3, 0.4) is 0 Å². The van der Waals surface area contributed by atoms with Crippen molar-refractivity contribution in [1.29, 1.82) is 0 Å². The van der Waals surface area contributed by atoms with E-state index in [1.807, 2.05) is 6.92 Å². The average molecular weight is 212 g/mol. The molecule has 0 saturated carbocycles. The molecule has 0 aromatic carbocycles. The van der Waals surface area contributed by atoms with E-state index >= 15 is 0 Å². The van der Waals surface area contributed by atoms with Crippen LogP contribution in [0.15, 0.2) is 18.6 Å². The predicted molar refractivity (Wildman–Crippen MR) is 55.5 cm³/mol. The SMILES string of the molecule is CCCCOC=O.COc1cnccn1. The molecule has 0 amide bonds. The minimum Gasteiger partial charge on any atom is -0.480 e. The van der Waals surface area contributed by atoms with E-state index in [0.29, 0.717) is 19.0 Å². The van der Waals surface area contributed by atoms with E-state index < -0.39 is 0 Å². The first-order chi connectivity index (χ1) is 7.35. The zero-order valence-corrected chi connectivity index (χ0v) is 9.05. The smallest absolute Gasteiger partial charge is 0.293 e. The van der Waals surface area contributed by atoms with Crippen LogP contribution in [0.2, 0.25) is 0 Å². The van der Waals surface area contributed by atoms with Gasteiger partial charge in [0.25, 0.3) is 6.47 Å². The van der Waals surface area contributed by atoms with Gasteiger partial charge in [-0.3, -0.25) is 9.78 Å². The number of unbranched alkanes of at least 4 members (excludes halogenated alkanes) is 1. The number of hydrogen-bond acceptors (Lipinski definition) is 5. The van der Waals surface area contributed by atoms with E-state index in [1.54, 1.807) is 25.7 Å². The molecule has 0 fully saturated rings. The van der Waals surface area contributed by atoms with E-state index in [2.05, 4.69) is 14.7 Å². The summed E-state index contributed by atoms with van der Waals surface area (Å²) in [6.07, 6.45) is 6.79. The van der Waals surface area contributed by atoms with Crippen LogP contribution in [-0.4, -0.2) is 30.2 Å². The monoisotopic (exact) mass is 212 g/mol. The highest BCUT2D eigenvalue weighted by atomic mass is 16.5. The molecule has 0 saturated heterocycles. The second-order valence-electron chi connectivity index (χ2n) is 2.57. The first-order valence-corrected chi connectivity index (χ1v) is 4.70. The normalized spacial score (nSPS) is 8.40. The van der Waals surface area contributed by atoms with E-state index in [0.717, 1.165) is 12.8 Å². The Morgan fingerprint density at radius 2 is 2.27 bits per heavy atom. The van der Waals surface area contributed by atoms with Gasteiger partial charge in [-0.2, -0.15) is 0 Å². The van der Waals surface area contributed by atoms with Crippen molar-refractivity contribution in [2.24, 2.45) is 0 Å². The zero-order valence-electron chi connectivity index (χ0n) is 9.05. The lowest BCUT2D eigenvalue weighted by atomic mass is 10.4. The van der Waals surface area contributed by atoms with Crippen LogP contribution in [0.1, 0.15) is 19.8 Å². The van der Waals surface area contributed by atoms with Crippen LogP contribution in [0.4, 0.5) is 0 Å². The number of carbonyl (C=O) groups excluding carboxylic acids is 1. The van der Waals surface area contributed by atoms with Crippen molar-refractivity contribution >= 4 is 6.47 Å². The van der Waals surface area contributed by atoms with E-state index in [9.17, 15) is 4.79 Å². The number of aromatic nitrogens is 2. The van der Waals surface area contributed by atoms with Crippen molar-refractivity contribution < 1.29 is 14.3 Å². The fraction of sp³-hybridized carbons (Fsp3) is 0.500. The van der Waals surface area contributed by atoms with Crippen LogP contribution in [0, 0.1) is 0 Å². The number of ether oxygens (including phenoxy) is 2. The molecule has 0 radical (unpaired) electrons. The van der Waals surface area contributed by atoms with Crippen molar-refractivity contribution in [3.8, 4) is 5.88 Å². The second-order valence-corrected chi connectivity index (χ2v) is 2.57. The molecule has 84 valence electrons. The second kappa shape index (κ2) is 10.4. The van der Waals surface area contributed by atoms with Gasteiger partial charge in [0.05, 0.1) is 19.9 Å². The minimum atomic E-state index is 0.482. The molecule has 1 heterocycles. The van der Waals surface area contributed by atoms with Crippen molar-refractivity contribution in [3.05, 3.63) is 18.6 Å². The molecule has 1 aromatic rings. The van der Waals surface area contributed by atoms with Gasteiger partial charge in [-0.1, -0.05) is 13.3 Å². The largest absolute Gasteiger partial charge is 0.480 e. The Bertz CT molecular complexity index is 242. The summed E-state index contributed by atoms with van der Waals surface area (Å²) >= 11 is 0. The Morgan fingerprint density at radius 1 is 1.47 bits per heavy atom. The maximum atomic E-state index is 9.46. The molecule has 1 rings (SSSR count). The maximum absolute atomic E-state index is 9.46. The molecular formula is C10H16N2O3. The minimum absolute atomic E-state index is 0.482. The third kappa shape index (κ3) is 8.67. The van der Waals surface area contributed by atoms with Crippen LogP contribution < -0.4 is 4.74 Å². The average Bonchev–Trinajstić information content (AvgIpc) is 2.32. The molecule has 0 aliphatic carbocycles. The van der Waals surface area contributed by atoms with Gasteiger partial charge in [0.2, 0.25) is 5.88 Å². The quantitative estimate of drug-likeness (QED) is 0.546. The zero-order chi connectivity index (χ0) is 11.4. The Labute approximate surface area is 89.5 Å². The lowest BCUT2D eigenvalue weighted by Crippen LogP contribution is -1.88. The number of methoxy groups -OCH3 is 1. The van der Waals surface area contributed by atoms with Gasteiger partial charge in [-0.15, -0.1) is 0 Å². The highest BCUT2D eigenvalue weighted by Gasteiger charge is 1.83. The first-order valence-electron chi connectivity index (χ1n) is 4.70.